The lowest BCUT2D eigenvalue weighted by atomic mass is 10.7. The van der Waals surface area contributed by atoms with Crippen LogP contribution in [0.5, 0.6) is 0 Å². The lowest BCUT2D eigenvalue weighted by molar-refractivity contribution is -0.0261. The minimum absolute atomic E-state index is 0.491. The van der Waals surface area contributed by atoms with Crippen molar-refractivity contribution < 1.29 is 17.8 Å². The Morgan fingerprint density at radius 1 is 1.69 bits per heavy atom. The fourth-order valence-electron chi connectivity index (χ4n) is 0.558. The molecule has 1 aliphatic rings. The van der Waals surface area contributed by atoms with Crippen LogP contribution in [0.4, 0.5) is 0 Å². The van der Waals surface area contributed by atoms with Crippen LogP contribution >= 0.6 is 21.0 Å². The van der Waals surface area contributed by atoms with Crippen LogP contribution in [-0.2, 0) is 15.0 Å². The highest BCUT2D eigenvalue weighted by Crippen LogP contribution is 2.32. The Labute approximate surface area is 83.3 Å². The number of hydroxylamine groups is 1. The summed E-state index contributed by atoms with van der Waals surface area (Å²) in [6, 6.07) is 0. The predicted octanol–water partition coefficient (Wildman–Crippen LogP) is 0.902. The summed E-state index contributed by atoms with van der Waals surface area (Å²) in [5.74, 6) is 1.66. The first-order valence-corrected chi connectivity index (χ1v) is 6.01. The molecule has 74 valence electrons. The lowest BCUT2D eigenvalue weighted by Crippen LogP contribution is -2.42. The van der Waals surface area contributed by atoms with Crippen molar-refractivity contribution in [2.45, 2.75) is 11.1 Å². The second-order valence-electron chi connectivity index (χ2n) is 2.38. The van der Waals surface area contributed by atoms with E-state index in [0.717, 1.165) is 4.83 Å². The molecule has 1 unspecified atom stereocenters. The lowest BCUT2D eigenvalue weighted by Gasteiger charge is -2.29. The third kappa shape index (κ3) is 2.24. The molecule has 0 amide bonds. The highest BCUT2D eigenvalue weighted by Gasteiger charge is 2.42. The highest BCUT2D eigenvalue weighted by molar-refractivity contribution is 8.03. The van der Waals surface area contributed by atoms with Crippen molar-refractivity contribution in [2.75, 3.05) is 0 Å². The Balaban J connectivity index is 2.94. The zero-order chi connectivity index (χ0) is 10.1. The normalized spacial score (nSPS) is 23.6. The Kier molecular flexibility index (Phi) is 3.04. The summed E-state index contributed by atoms with van der Waals surface area (Å²) < 4.78 is 28.8. The molecular formula is C5H8NO4PS2. The van der Waals surface area contributed by atoms with E-state index in [-0.39, 0.29) is 0 Å². The first-order valence-electron chi connectivity index (χ1n) is 3.21. The smallest absolute Gasteiger partial charge is 0.297 e. The predicted molar refractivity (Wildman–Crippen MR) is 54.0 cm³/mol. The summed E-state index contributed by atoms with van der Waals surface area (Å²) in [5, 5.41) is 0. The molecule has 0 saturated heterocycles. The molecule has 0 fully saturated rings. The van der Waals surface area contributed by atoms with Gasteiger partial charge in [0.25, 0.3) is 10.1 Å². The van der Waals surface area contributed by atoms with Gasteiger partial charge in [-0.15, -0.1) is 12.6 Å². The molecule has 0 aromatic heterocycles. The van der Waals surface area contributed by atoms with E-state index in [1.165, 1.54) is 13.2 Å². The zero-order valence-electron chi connectivity index (χ0n) is 6.65. The van der Waals surface area contributed by atoms with Crippen LogP contribution in [0, 0.1) is 0 Å². The molecule has 0 saturated carbocycles. The van der Waals surface area contributed by atoms with Crippen molar-refractivity contribution in [3.63, 3.8) is 0 Å². The van der Waals surface area contributed by atoms with Gasteiger partial charge in [-0.25, -0.2) is 0 Å². The molecule has 1 aliphatic heterocycles. The molecule has 0 bridgehead atoms. The van der Waals surface area contributed by atoms with Gasteiger partial charge in [0.1, 0.15) is 6.26 Å². The number of nitrogens with zero attached hydrogens (tertiary/aromatic N) is 1. The van der Waals surface area contributed by atoms with E-state index < -0.39 is 14.3 Å². The van der Waals surface area contributed by atoms with Crippen molar-refractivity contribution in [3.8, 4) is 0 Å². The summed E-state index contributed by atoms with van der Waals surface area (Å²) >= 11 is 3.81. The molecule has 0 aromatic rings. The zero-order valence-corrected chi connectivity index (χ0v) is 9.26. The second kappa shape index (κ2) is 3.59. The minimum atomic E-state index is -4.30. The van der Waals surface area contributed by atoms with Crippen molar-refractivity contribution in [2.24, 2.45) is 0 Å². The summed E-state index contributed by atoms with van der Waals surface area (Å²) in [7, 11) is -3.81. The van der Waals surface area contributed by atoms with Crippen LogP contribution < -0.4 is 0 Å². The molecule has 1 rings (SSSR count). The van der Waals surface area contributed by atoms with E-state index in [1.807, 2.05) is 0 Å². The molecule has 0 spiro atoms. The summed E-state index contributed by atoms with van der Waals surface area (Å²) in [4.78, 5) is 5.88. The van der Waals surface area contributed by atoms with E-state index in [0.29, 0.717) is 8.35 Å². The van der Waals surface area contributed by atoms with Gasteiger partial charge in [-0.3, -0.25) is 4.55 Å². The van der Waals surface area contributed by atoms with E-state index in [9.17, 15) is 8.42 Å². The summed E-state index contributed by atoms with van der Waals surface area (Å²) in [6.07, 6.45) is 2.92. The molecule has 0 aromatic carbocycles. The quantitative estimate of drug-likeness (QED) is 0.427. The van der Waals surface area contributed by atoms with Crippen molar-refractivity contribution >= 4 is 36.9 Å². The van der Waals surface area contributed by atoms with E-state index >= 15 is 0 Å². The van der Waals surface area contributed by atoms with Crippen LogP contribution in [0.1, 0.15) is 6.92 Å². The fourth-order valence-corrected chi connectivity index (χ4v) is 2.04. The standard InChI is InChI=1S/C5H8NO4PS2/c1-5(12,13(7,8)9)6-10-3-2-4-11-6/h2-4,12H,1H3,(H,7,8,9). The number of allylic oxidation sites excluding steroid dienone is 1. The molecule has 5 nitrogen and oxygen atoms in total. The average Bonchev–Trinajstić information content (AvgIpc) is 2.04. The largest absolute Gasteiger partial charge is 0.403 e. The maximum absolute atomic E-state index is 10.9. The molecule has 0 aliphatic carbocycles. The third-order valence-electron chi connectivity index (χ3n) is 1.34. The minimum Gasteiger partial charge on any atom is -0.403 e. The number of hydrogen-bond acceptors (Lipinski definition) is 5. The maximum atomic E-state index is 10.9. The Hall–Kier alpha value is -0.0700. The van der Waals surface area contributed by atoms with Gasteiger partial charge in [-0.2, -0.15) is 8.42 Å². The van der Waals surface area contributed by atoms with Crippen molar-refractivity contribution in [1.29, 1.82) is 0 Å². The number of rotatable bonds is 2. The maximum Gasteiger partial charge on any atom is 0.297 e. The monoisotopic (exact) mass is 241 g/mol. The van der Waals surface area contributed by atoms with Crippen LogP contribution in [0.3, 0.4) is 0 Å². The van der Waals surface area contributed by atoms with Gasteiger partial charge >= 0.3 is 0 Å². The average molecular weight is 241 g/mol. The van der Waals surface area contributed by atoms with Crippen molar-refractivity contribution in [3.05, 3.63) is 12.3 Å². The molecule has 0 radical (unpaired) electrons. The Morgan fingerprint density at radius 2 is 2.31 bits per heavy atom. The molecule has 1 heterocycles. The SMILES string of the molecule is CC(S)(N1OC=CC=P1)S(=O)(=O)O. The number of thiol groups is 1. The van der Waals surface area contributed by atoms with Crippen molar-refractivity contribution in [1.82, 2.24) is 4.83 Å². The van der Waals surface area contributed by atoms with Gasteiger partial charge in [-0.05, 0) is 18.8 Å². The molecule has 8 heteroatoms. The third-order valence-corrected chi connectivity index (χ3v) is 4.66. The van der Waals surface area contributed by atoms with Crippen LogP contribution in [0.25, 0.3) is 0 Å². The first-order chi connectivity index (χ1) is 5.86. The summed E-state index contributed by atoms with van der Waals surface area (Å²) in [5.41, 5.74) is 0. The van der Waals surface area contributed by atoms with E-state index in [2.05, 4.69) is 12.6 Å². The topological polar surface area (TPSA) is 66.8 Å². The van der Waals surface area contributed by atoms with Gasteiger partial charge < -0.3 is 4.84 Å². The Morgan fingerprint density at radius 3 is 2.69 bits per heavy atom. The number of hydrogen-bond donors (Lipinski definition) is 2. The van der Waals surface area contributed by atoms with Crippen LogP contribution in [0.15, 0.2) is 12.3 Å². The molecule has 1 atom stereocenters. The van der Waals surface area contributed by atoms with Gasteiger partial charge in [-0.1, -0.05) is 4.83 Å². The molecule has 1 N–H and O–H groups in total. The van der Waals surface area contributed by atoms with E-state index in [4.69, 9.17) is 9.39 Å². The Bertz CT molecular complexity index is 348. The van der Waals surface area contributed by atoms with Gasteiger partial charge in [0.2, 0.25) is 4.20 Å². The highest BCUT2D eigenvalue weighted by atomic mass is 32.3. The fraction of sp³-hybridized carbons (Fsp3) is 0.400. The van der Waals surface area contributed by atoms with E-state index in [1.54, 1.807) is 11.9 Å². The first kappa shape index (κ1) is 11.0. The molecule has 13 heavy (non-hydrogen) atoms. The molecular weight excluding hydrogens is 233 g/mol. The van der Waals surface area contributed by atoms with Gasteiger partial charge in [0.15, 0.2) is 0 Å². The van der Waals surface area contributed by atoms with Crippen LogP contribution in [-0.4, -0.2) is 27.8 Å². The van der Waals surface area contributed by atoms with Gasteiger partial charge in [0, 0.05) is 8.35 Å². The summed E-state index contributed by atoms with van der Waals surface area (Å²) in [6.45, 7) is 1.23. The second-order valence-corrected chi connectivity index (χ2v) is 6.19. The van der Waals surface area contributed by atoms with Gasteiger partial charge in [0.05, 0.1) is 0 Å². The van der Waals surface area contributed by atoms with Crippen LogP contribution in [0.2, 0.25) is 0 Å².